The van der Waals surface area contributed by atoms with Gasteiger partial charge in [0.1, 0.15) is 0 Å². The van der Waals surface area contributed by atoms with Gasteiger partial charge >= 0.3 is 12.0 Å². The summed E-state index contributed by atoms with van der Waals surface area (Å²) in [6.07, 6.45) is -0.290. The number of hydrogen-bond donors (Lipinski definition) is 2. The van der Waals surface area contributed by atoms with E-state index in [4.69, 9.17) is 9.84 Å². The second kappa shape index (κ2) is 5.80. The van der Waals surface area contributed by atoms with Crippen molar-refractivity contribution in [2.75, 3.05) is 31.2 Å². The van der Waals surface area contributed by atoms with Crippen LogP contribution in [0.15, 0.2) is 0 Å². The molecule has 2 heterocycles. The van der Waals surface area contributed by atoms with Crippen LogP contribution in [0.3, 0.4) is 0 Å². The summed E-state index contributed by atoms with van der Waals surface area (Å²) in [5.41, 5.74) is -0.753. The molecule has 0 aromatic heterocycles. The van der Waals surface area contributed by atoms with E-state index in [1.54, 1.807) is 6.92 Å². The van der Waals surface area contributed by atoms with Crippen LogP contribution in [0.2, 0.25) is 0 Å². The Bertz CT molecular complexity index is 534. The molecule has 21 heavy (non-hydrogen) atoms. The van der Waals surface area contributed by atoms with Crippen LogP contribution >= 0.6 is 0 Å². The van der Waals surface area contributed by atoms with Gasteiger partial charge in [-0.1, -0.05) is 0 Å². The summed E-state index contributed by atoms with van der Waals surface area (Å²) in [7, 11) is -3.09. The summed E-state index contributed by atoms with van der Waals surface area (Å²) in [5, 5.41) is 11.5. The van der Waals surface area contributed by atoms with Crippen LogP contribution in [-0.4, -0.2) is 73.3 Å². The highest BCUT2D eigenvalue weighted by atomic mass is 32.2. The first kappa shape index (κ1) is 16.0. The van der Waals surface area contributed by atoms with Crippen LogP contribution in [0, 0.1) is 0 Å². The number of carbonyl (C=O) groups excluding carboxylic acids is 1. The molecule has 2 amide bonds. The molecular weight excluding hydrogens is 300 g/mol. The third-order valence-corrected chi connectivity index (χ3v) is 5.64. The van der Waals surface area contributed by atoms with E-state index in [-0.39, 0.29) is 37.1 Å². The van der Waals surface area contributed by atoms with Crippen LogP contribution in [0.4, 0.5) is 4.79 Å². The maximum atomic E-state index is 12.2. The first-order chi connectivity index (χ1) is 9.69. The normalized spacial score (nSPS) is 31.9. The largest absolute Gasteiger partial charge is 0.481 e. The molecule has 2 saturated heterocycles. The molecule has 0 aliphatic carbocycles. The number of aliphatic carboxylic acids is 1. The second-order valence-electron chi connectivity index (χ2n) is 5.87. The van der Waals surface area contributed by atoms with Crippen molar-refractivity contribution in [2.24, 2.45) is 0 Å². The van der Waals surface area contributed by atoms with Crippen molar-refractivity contribution in [1.29, 1.82) is 0 Å². The zero-order chi connectivity index (χ0) is 15.7. The predicted octanol–water partition coefficient (Wildman–Crippen LogP) is -0.551. The van der Waals surface area contributed by atoms with Gasteiger partial charge in [0.2, 0.25) is 0 Å². The minimum atomic E-state index is -3.09. The smallest absolute Gasteiger partial charge is 0.318 e. The van der Waals surface area contributed by atoms with Crippen molar-refractivity contribution < 1.29 is 27.9 Å². The van der Waals surface area contributed by atoms with E-state index in [1.165, 1.54) is 4.90 Å². The SMILES string of the molecule is CC1(NC(=O)N2CCOC(CC(=O)O)C2)CCS(=O)(=O)C1. The van der Waals surface area contributed by atoms with Crippen LogP contribution < -0.4 is 5.32 Å². The number of ether oxygens (including phenoxy) is 1. The number of urea groups is 1. The van der Waals surface area contributed by atoms with Crippen molar-refractivity contribution >= 4 is 21.8 Å². The Morgan fingerprint density at radius 3 is 2.76 bits per heavy atom. The number of sulfone groups is 1. The molecule has 2 unspecified atom stereocenters. The number of carboxylic acids is 1. The fraction of sp³-hybridized carbons (Fsp3) is 0.833. The summed E-state index contributed by atoms with van der Waals surface area (Å²) < 4.78 is 28.4. The number of morpholine rings is 1. The minimum Gasteiger partial charge on any atom is -0.481 e. The minimum absolute atomic E-state index is 0.0609. The molecule has 2 aliphatic heterocycles. The molecule has 2 atom stereocenters. The van der Waals surface area contributed by atoms with Crippen molar-refractivity contribution in [3.63, 3.8) is 0 Å². The van der Waals surface area contributed by atoms with Gasteiger partial charge in [-0.15, -0.1) is 0 Å². The summed E-state index contributed by atoms with van der Waals surface area (Å²) in [6, 6.07) is -0.367. The van der Waals surface area contributed by atoms with Gasteiger partial charge in [-0.25, -0.2) is 13.2 Å². The Morgan fingerprint density at radius 2 is 2.19 bits per heavy atom. The van der Waals surface area contributed by atoms with E-state index >= 15 is 0 Å². The number of hydrogen-bond acceptors (Lipinski definition) is 5. The molecule has 0 saturated carbocycles. The van der Waals surface area contributed by atoms with E-state index < -0.39 is 27.4 Å². The third-order valence-electron chi connectivity index (χ3n) is 3.74. The van der Waals surface area contributed by atoms with E-state index in [9.17, 15) is 18.0 Å². The molecule has 120 valence electrons. The van der Waals surface area contributed by atoms with Crippen molar-refractivity contribution in [3.05, 3.63) is 0 Å². The van der Waals surface area contributed by atoms with Crippen LogP contribution in [0.5, 0.6) is 0 Å². The Kier molecular flexibility index (Phi) is 4.43. The number of carboxylic acid groups (broad SMARTS) is 1. The topological polar surface area (TPSA) is 113 Å². The Hall–Kier alpha value is -1.35. The zero-order valence-corrected chi connectivity index (χ0v) is 12.7. The van der Waals surface area contributed by atoms with Crippen LogP contribution in [-0.2, 0) is 19.4 Å². The standard InChI is InChI=1S/C12H20N2O6S/c1-12(2-5-21(18,19)8-12)13-11(17)14-3-4-20-9(7-14)6-10(15)16/h9H,2-8H2,1H3,(H,13,17)(H,15,16). The lowest BCUT2D eigenvalue weighted by Gasteiger charge is -2.35. The molecular formula is C12H20N2O6S. The number of amides is 2. The Morgan fingerprint density at radius 1 is 1.48 bits per heavy atom. The van der Waals surface area contributed by atoms with Gasteiger partial charge in [-0.3, -0.25) is 4.79 Å². The highest BCUT2D eigenvalue weighted by Crippen LogP contribution is 2.23. The summed E-state index contributed by atoms with van der Waals surface area (Å²) in [5.74, 6) is -0.959. The average molecular weight is 320 g/mol. The molecule has 2 N–H and O–H groups in total. The molecule has 2 fully saturated rings. The van der Waals surface area contributed by atoms with Gasteiger partial charge in [0.25, 0.3) is 0 Å². The third kappa shape index (κ3) is 4.31. The van der Waals surface area contributed by atoms with Gasteiger partial charge in [0.15, 0.2) is 9.84 Å². The predicted molar refractivity (Wildman–Crippen MR) is 73.8 cm³/mol. The first-order valence-electron chi connectivity index (χ1n) is 6.80. The van der Waals surface area contributed by atoms with E-state index in [0.717, 1.165) is 0 Å². The number of nitrogens with zero attached hydrogens (tertiary/aromatic N) is 1. The molecule has 0 aromatic carbocycles. The lowest BCUT2D eigenvalue weighted by Crippen LogP contribution is -2.56. The lowest BCUT2D eigenvalue weighted by atomic mass is 10.0. The van der Waals surface area contributed by atoms with Gasteiger partial charge < -0.3 is 20.1 Å². The van der Waals surface area contributed by atoms with Gasteiger partial charge in [0, 0.05) is 13.1 Å². The molecule has 9 heteroatoms. The lowest BCUT2D eigenvalue weighted by molar-refractivity contribution is -0.141. The van der Waals surface area contributed by atoms with Crippen LogP contribution in [0.25, 0.3) is 0 Å². The number of carbonyl (C=O) groups is 2. The highest BCUT2D eigenvalue weighted by Gasteiger charge is 2.40. The Labute approximate surface area is 123 Å². The van der Waals surface area contributed by atoms with Gasteiger partial charge in [-0.2, -0.15) is 0 Å². The van der Waals surface area contributed by atoms with Crippen molar-refractivity contribution in [2.45, 2.75) is 31.4 Å². The Balaban J connectivity index is 1.92. The average Bonchev–Trinajstić information content (AvgIpc) is 2.62. The molecule has 8 nitrogen and oxygen atoms in total. The van der Waals surface area contributed by atoms with Crippen molar-refractivity contribution in [1.82, 2.24) is 10.2 Å². The van der Waals surface area contributed by atoms with E-state index in [2.05, 4.69) is 5.32 Å². The summed E-state index contributed by atoms with van der Waals surface area (Å²) >= 11 is 0. The maximum absolute atomic E-state index is 12.2. The first-order valence-corrected chi connectivity index (χ1v) is 8.62. The van der Waals surface area contributed by atoms with Crippen LogP contribution in [0.1, 0.15) is 19.8 Å². The van der Waals surface area contributed by atoms with E-state index in [1.807, 2.05) is 0 Å². The van der Waals surface area contributed by atoms with E-state index in [0.29, 0.717) is 13.0 Å². The number of rotatable bonds is 3. The molecule has 2 aliphatic rings. The highest BCUT2D eigenvalue weighted by molar-refractivity contribution is 7.91. The quantitative estimate of drug-likeness (QED) is 0.721. The zero-order valence-electron chi connectivity index (χ0n) is 11.9. The van der Waals surface area contributed by atoms with Gasteiger partial charge in [-0.05, 0) is 13.3 Å². The summed E-state index contributed by atoms with van der Waals surface area (Å²) in [6.45, 7) is 2.55. The molecule has 0 aromatic rings. The second-order valence-corrected chi connectivity index (χ2v) is 8.05. The molecule has 0 spiro atoms. The molecule has 2 rings (SSSR count). The van der Waals surface area contributed by atoms with Gasteiger partial charge in [0.05, 0.1) is 36.2 Å². The molecule has 0 radical (unpaired) electrons. The fourth-order valence-corrected chi connectivity index (χ4v) is 4.76. The fourth-order valence-electron chi connectivity index (χ4n) is 2.67. The summed E-state index contributed by atoms with van der Waals surface area (Å²) in [4.78, 5) is 24.4. The maximum Gasteiger partial charge on any atom is 0.318 e. The van der Waals surface area contributed by atoms with Crippen molar-refractivity contribution in [3.8, 4) is 0 Å². The molecule has 0 bridgehead atoms. The monoisotopic (exact) mass is 320 g/mol. The number of nitrogens with one attached hydrogen (secondary N) is 1.